The van der Waals surface area contributed by atoms with Crippen LogP contribution in [0.3, 0.4) is 0 Å². The molecule has 0 saturated carbocycles. The molecular formula is C18H24N2S. The largest absolute Gasteiger partial charge is 0.326 e. The van der Waals surface area contributed by atoms with Crippen molar-refractivity contribution >= 4 is 11.8 Å². The van der Waals surface area contributed by atoms with Crippen LogP contribution in [0, 0.1) is 13.8 Å². The Hall–Kier alpha value is -1.32. The quantitative estimate of drug-likeness (QED) is 0.859. The van der Waals surface area contributed by atoms with Crippen LogP contribution in [-0.4, -0.2) is 11.0 Å². The number of aromatic nitrogens is 1. The Kier molecular flexibility index (Phi) is 5.83. The molecule has 2 aromatic rings. The molecule has 1 aromatic carbocycles. The predicted molar refractivity (Wildman–Crippen MR) is 92.5 cm³/mol. The van der Waals surface area contributed by atoms with Crippen LogP contribution < -0.4 is 5.73 Å². The van der Waals surface area contributed by atoms with E-state index in [1.54, 1.807) is 0 Å². The summed E-state index contributed by atoms with van der Waals surface area (Å²) < 4.78 is 0. The monoisotopic (exact) mass is 300 g/mol. The number of hydrogen-bond donors (Lipinski definition) is 1. The zero-order valence-electron chi connectivity index (χ0n) is 13.0. The number of pyridine rings is 1. The van der Waals surface area contributed by atoms with Crippen LogP contribution in [-0.2, 0) is 5.75 Å². The smallest absolute Gasteiger partial charge is 0.0624 e. The second-order valence-electron chi connectivity index (χ2n) is 5.55. The fourth-order valence-corrected chi connectivity index (χ4v) is 3.81. The topological polar surface area (TPSA) is 38.9 Å². The highest BCUT2D eigenvalue weighted by molar-refractivity contribution is 7.98. The van der Waals surface area contributed by atoms with Crippen LogP contribution in [0.1, 0.15) is 41.0 Å². The maximum Gasteiger partial charge on any atom is 0.0624 e. The number of nitrogens with zero attached hydrogens (tertiary/aromatic N) is 1. The van der Waals surface area contributed by atoms with Crippen molar-refractivity contribution in [2.24, 2.45) is 5.73 Å². The van der Waals surface area contributed by atoms with Crippen LogP contribution in [0.5, 0.6) is 0 Å². The van der Waals surface area contributed by atoms with Crippen molar-refractivity contribution in [3.63, 3.8) is 0 Å². The van der Waals surface area contributed by atoms with Crippen molar-refractivity contribution in [3.8, 4) is 0 Å². The Morgan fingerprint density at radius 2 is 1.86 bits per heavy atom. The molecular weight excluding hydrogens is 276 g/mol. The number of benzene rings is 1. The molecule has 0 aliphatic rings. The Labute approximate surface area is 132 Å². The molecule has 2 N–H and O–H groups in total. The van der Waals surface area contributed by atoms with Gasteiger partial charge >= 0.3 is 0 Å². The van der Waals surface area contributed by atoms with Crippen molar-refractivity contribution < 1.29 is 0 Å². The van der Waals surface area contributed by atoms with Crippen molar-refractivity contribution in [1.29, 1.82) is 0 Å². The molecule has 0 amide bonds. The highest BCUT2D eigenvalue weighted by atomic mass is 32.2. The van der Waals surface area contributed by atoms with Gasteiger partial charge in [0.2, 0.25) is 0 Å². The average molecular weight is 300 g/mol. The second-order valence-corrected chi connectivity index (χ2v) is 6.68. The van der Waals surface area contributed by atoms with E-state index >= 15 is 0 Å². The molecule has 0 radical (unpaired) electrons. The van der Waals surface area contributed by atoms with Crippen molar-refractivity contribution in [1.82, 2.24) is 4.98 Å². The van der Waals surface area contributed by atoms with E-state index in [0.29, 0.717) is 0 Å². The van der Waals surface area contributed by atoms with Gasteiger partial charge in [0.05, 0.1) is 10.9 Å². The Bertz CT molecular complexity index is 548. The molecule has 0 aliphatic heterocycles. The Balaban J connectivity index is 2.12. The van der Waals surface area contributed by atoms with Gasteiger partial charge in [-0.1, -0.05) is 42.3 Å². The first-order valence-corrected chi connectivity index (χ1v) is 8.50. The van der Waals surface area contributed by atoms with Gasteiger partial charge in [0.15, 0.2) is 0 Å². The first-order valence-electron chi connectivity index (χ1n) is 7.45. The van der Waals surface area contributed by atoms with Gasteiger partial charge in [-0.3, -0.25) is 4.98 Å². The molecule has 2 atom stereocenters. The molecule has 0 aliphatic carbocycles. The third-order valence-electron chi connectivity index (χ3n) is 3.55. The van der Waals surface area contributed by atoms with E-state index in [4.69, 9.17) is 5.73 Å². The predicted octanol–water partition coefficient (Wildman–Crippen LogP) is 4.41. The summed E-state index contributed by atoms with van der Waals surface area (Å²) in [7, 11) is 0. The Morgan fingerprint density at radius 1 is 1.14 bits per heavy atom. The maximum absolute atomic E-state index is 6.31. The van der Waals surface area contributed by atoms with E-state index in [-0.39, 0.29) is 11.3 Å². The lowest BCUT2D eigenvalue weighted by Gasteiger charge is -2.22. The summed E-state index contributed by atoms with van der Waals surface area (Å²) in [6, 6.07) is 12.9. The van der Waals surface area contributed by atoms with Gasteiger partial charge in [0, 0.05) is 18.0 Å². The van der Waals surface area contributed by atoms with Gasteiger partial charge in [0.1, 0.15) is 0 Å². The summed E-state index contributed by atoms with van der Waals surface area (Å²) in [5.41, 5.74) is 11.4. The normalized spacial score (nSPS) is 13.9. The molecule has 0 saturated heterocycles. The van der Waals surface area contributed by atoms with Crippen molar-refractivity contribution in [2.45, 2.75) is 44.2 Å². The van der Waals surface area contributed by atoms with Crippen LogP contribution in [0.2, 0.25) is 0 Å². The van der Waals surface area contributed by atoms with E-state index in [1.165, 1.54) is 16.7 Å². The van der Waals surface area contributed by atoms with Gasteiger partial charge in [-0.05, 0) is 38.0 Å². The number of aryl methyl sites for hydroxylation is 2. The van der Waals surface area contributed by atoms with E-state index < -0.39 is 0 Å². The van der Waals surface area contributed by atoms with E-state index in [1.807, 2.05) is 30.1 Å². The van der Waals surface area contributed by atoms with Crippen LogP contribution in [0.4, 0.5) is 0 Å². The molecule has 112 valence electrons. The SMILES string of the molecule is CCC(N)C(SCc1cc(C)cc(C)c1)c1ccccn1. The highest BCUT2D eigenvalue weighted by Gasteiger charge is 2.20. The van der Waals surface area contributed by atoms with Crippen LogP contribution >= 0.6 is 11.8 Å². The van der Waals surface area contributed by atoms with Crippen molar-refractivity contribution in [3.05, 3.63) is 65.0 Å². The third-order valence-corrected chi connectivity index (χ3v) is 5.00. The minimum absolute atomic E-state index is 0.135. The van der Waals surface area contributed by atoms with Gasteiger partial charge in [-0.15, -0.1) is 11.8 Å². The third kappa shape index (κ3) is 4.58. The summed E-state index contributed by atoms with van der Waals surface area (Å²) in [4.78, 5) is 4.49. The summed E-state index contributed by atoms with van der Waals surface area (Å²) in [6.45, 7) is 6.43. The number of thioether (sulfide) groups is 1. The Morgan fingerprint density at radius 3 is 2.43 bits per heavy atom. The zero-order chi connectivity index (χ0) is 15.2. The van der Waals surface area contributed by atoms with Gasteiger partial charge < -0.3 is 5.73 Å². The summed E-state index contributed by atoms with van der Waals surface area (Å²) in [6.07, 6.45) is 2.81. The second kappa shape index (κ2) is 7.62. The minimum Gasteiger partial charge on any atom is -0.326 e. The molecule has 1 aromatic heterocycles. The lowest BCUT2D eigenvalue weighted by Crippen LogP contribution is -2.26. The van der Waals surface area contributed by atoms with E-state index in [2.05, 4.69) is 50.0 Å². The van der Waals surface area contributed by atoms with E-state index in [0.717, 1.165) is 17.9 Å². The van der Waals surface area contributed by atoms with E-state index in [9.17, 15) is 0 Å². The maximum atomic E-state index is 6.31. The summed E-state index contributed by atoms with van der Waals surface area (Å²) in [5, 5.41) is 0.247. The summed E-state index contributed by atoms with van der Waals surface area (Å²) >= 11 is 1.89. The first-order chi connectivity index (χ1) is 10.1. The first kappa shape index (κ1) is 16.1. The standard InChI is InChI=1S/C18H24N2S/c1-4-16(19)18(17-7-5-6-8-20-17)21-12-15-10-13(2)9-14(3)11-15/h5-11,16,18H,4,12,19H2,1-3H3. The van der Waals surface area contributed by atoms with Crippen LogP contribution in [0.25, 0.3) is 0 Å². The molecule has 0 fully saturated rings. The molecule has 1 heterocycles. The fraction of sp³-hybridized carbons (Fsp3) is 0.389. The van der Waals surface area contributed by atoms with Gasteiger partial charge in [-0.25, -0.2) is 0 Å². The van der Waals surface area contributed by atoms with Gasteiger partial charge in [0.25, 0.3) is 0 Å². The molecule has 2 nitrogen and oxygen atoms in total. The number of nitrogens with two attached hydrogens (primary N) is 1. The van der Waals surface area contributed by atoms with Crippen LogP contribution in [0.15, 0.2) is 42.6 Å². The van der Waals surface area contributed by atoms with Crippen molar-refractivity contribution in [2.75, 3.05) is 0 Å². The average Bonchev–Trinajstić information content (AvgIpc) is 2.47. The molecule has 2 rings (SSSR count). The van der Waals surface area contributed by atoms with Gasteiger partial charge in [-0.2, -0.15) is 0 Å². The highest BCUT2D eigenvalue weighted by Crippen LogP contribution is 2.34. The molecule has 0 bridgehead atoms. The fourth-order valence-electron chi connectivity index (χ4n) is 2.52. The summed E-state index contributed by atoms with van der Waals surface area (Å²) in [5.74, 6) is 0.970. The molecule has 2 unspecified atom stereocenters. The molecule has 3 heteroatoms. The lowest BCUT2D eigenvalue weighted by molar-refractivity contribution is 0.624. The number of hydrogen-bond acceptors (Lipinski definition) is 3. The lowest BCUT2D eigenvalue weighted by atomic mass is 10.1. The molecule has 21 heavy (non-hydrogen) atoms. The zero-order valence-corrected chi connectivity index (χ0v) is 13.9. The molecule has 0 spiro atoms. The minimum atomic E-state index is 0.135. The number of rotatable bonds is 6.